The first kappa shape index (κ1) is 22.2. The van der Waals surface area contributed by atoms with Crippen LogP contribution in [0.3, 0.4) is 0 Å². The van der Waals surface area contributed by atoms with Crippen LogP contribution in [0.1, 0.15) is 40.0 Å². The van der Waals surface area contributed by atoms with Crippen LogP contribution in [0.2, 0.25) is 0 Å². The first-order valence-electron chi connectivity index (χ1n) is 9.43. The van der Waals surface area contributed by atoms with Crippen molar-refractivity contribution in [2.24, 2.45) is 5.92 Å². The van der Waals surface area contributed by atoms with Crippen molar-refractivity contribution in [3.05, 3.63) is 18.2 Å². The molecule has 2 N–H and O–H groups in total. The molecule has 28 heavy (non-hydrogen) atoms. The van der Waals surface area contributed by atoms with E-state index in [1.165, 1.54) is 36.5 Å². The third kappa shape index (κ3) is 5.23. The number of hydrogen-bond acceptors (Lipinski definition) is 5. The van der Waals surface area contributed by atoms with E-state index in [9.17, 15) is 18.0 Å². The molecule has 1 heterocycles. The Bertz CT molecular complexity index is 817. The molecule has 2 amide bonds. The number of piperidine rings is 1. The van der Waals surface area contributed by atoms with E-state index in [0.29, 0.717) is 18.8 Å². The second-order valence-electron chi connectivity index (χ2n) is 7.24. The summed E-state index contributed by atoms with van der Waals surface area (Å²) in [6, 6.07) is 3.66. The number of nitrogens with one attached hydrogen (secondary N) is 2. The molecule has 0 aromatic heterocycles. The Morgan fingerprint density at radius 3 is 2.32 bits per heavy atom. The zero-order valence-corrected chi connectivity index (χ0v) is 17.6. The Morgan fingerprint density at radius 2 is 1.79 bits per heavy atom. The van der Waals surface area contributed by atoms with E-state index < -0.39 is 22.0 Å². The number of sulfonamides is 1. The van der Waals surface area contributed by atoms with Crippen molar-refractivity contribution < 1.29 is 22.7 Å². The second kappa shape index (κ2) is 9.38. The van der Waals surface area contributed by atoms with Crippen LogP contribution in [-0.4, -0.2) is 50.8 Å². The number of anilines is 1. The van der Waals surface area contributed by atoms with E-state index in [-0.39, 0.29) is 22.4 Å². The number of ether oxygens (including phenoxy) is 1. The van der Waals surface area contributed by atoms with Gasteiger partial charge in [0.2, 0.25) is 21.8 Å². The van der Waals surface area contributed by atoms with E-state index >= 15 is 0 Å². The van der Waals surface area contributed by atoms with Crippen molar-refractivity contribution in [3.63, 3.8) is 0 Å². The van der Waals surface area contributed by atoms with Gasteiger partial charge in [-0.3, -0.25) is 9.59 Å². The van der Waals surface area contributed by atoms with Gasteiger partial charge < -0.3 is 15.4 Å². The van der Waals surface area contributed by atoms with Gasteiger partial charge in [-0.2, -0.15) is 4.31 Å². The molecule has 0 saturated carbocycles. The Hall–Kier alpha value is -2.13. The molecule has 2 rings (SSSR count). The van der Waals surface area contributed by atoms with Crippen LogP contribution in [0, 0.1) is 5.92 Å². The molecule has 1 atom stereocenters. The highest BCUT2D eigenvalue weighted by molar-refractivity contribution is 7.89. The normalized spacial score (nSPS) is 16.5. The van der Waals surface area contributed by atoms with E-state index in [4.69, 9.17) is 4.74 Å². The molecule has 1 fully saturated rings. The standard InChI is InChI=1S/C19H29N3O5S/c1-13(2)18(20-14(3)23)19(24)21-16-12-15(8-9-17(16)27-4)28(25,26)22-10-6-5-7-11-22/h8-9,12-13,18H,5-7,10-11H2,1-4H3,(H,20,23)(H,21,24)/t18-/m0/s1. The van der Waals surface area contributed by atoms with Crippen LogP contribution in [-0.2, 0) is 19.6 Å². The molecule has 1 aliphatic rings. The highest BCUT2D eigenvalue weighted by Crippen LogP contribution is 2.30. The Labute approximate surface area is 166 Å². The minimum Gasteiger partial charge on any atom is -0.495 e. The van der Waals surface area contributed by atoms with Crippen LogP contribution in [0.15, 0.2) is 23.1 Å². The summed E-state index contributed by atoms with van der Waals surface area (Å²) in [5, 5.41) is 5.32. The number of amides is 2. The van der Waals surface area contributed by atoms with Crippen molar-refractivity contribution in [2.75, 3.05) is 25.5 Å². The lowest BCUT2D eigenvalue weighted by Gasteiger charge is -2.26. The average Bonchev–Trinajstić information content (AvgIpc) is 2.66. The zero-order valence-electron chi connectivity index (χ0n) is 16.8. The Kier molecular flexibility index (Phi) is 7.42. The van der Waals surface area contributed by atoms with Crippen LogP contribution in [0.4, 0.5) is 5.69 Å². The van der Waals surface area contributed by atoms with Gasteiger partial charge >= 0.3 is 0 Å². The van der Waals surface area contributed by atoms with Gasteiger partial charge in [-0.1, -0.05) is 20.3 Å². The third-order valence-corrected chi connectivity index (χ3v) is 6.58. The van der Waals surface area contributed by atoms with Gasteiger partial charge in [0, 0.05) is 20.0 Å². The Morgan fingerprint density at radius 1 is 1.14 bits per heavy atom. The monoisotopic (exact) mass is 411 g/mol. The van der Waals surface area contributed by atoms with Crippen molar-refractivity contribution in [1.29, 1.82) is 0 Å². The summed E-state index contributed by atoms with van der Waals surface area (Å²) in [5.41, 5.74) is 0.251. The molecule has 1 aliphatic heterocycles. The van der Waals surface area contributed by atoms with E-state index in [2.05, 4.69) is 10.6 Å². The number of carbonyl (C=O) groups is 2. The Balaban J connectivity index is 2.32. The topological polar surface area (TPSA) is 105 Å². The lowest BCUT2D eigenvalue weighted by atomic mass is 10.0. The highest BCUT2D eigenvalue weighted by Gasteiger charge is 2.28. The molecule has 0 unspecified atom stereocenters. The fourth-order valence-corrected chi connectivity index (χ4v) is 4.71. The number of nitrogens with zero attached hydrogens (tertiary/aromatic N) is 1. The largest absolute Gasteiger partial charge is 0.495 e. The van der Waals surface area contributed by atoms with Crippen LogP contribution in [0.25, 0.3) is 0 Å². The maximum absolute atomic E-state index is 12.9. The van der Waals surface area contributed by atoms with Gasteiger partial charge in [0.1, 0.15) is 11.8 Å². The summed E-state index contributed by atoms with van der Waals surface area (Å²) in [7, 11) is -2.20. The summed E-state index contributed by atoms with van der Waals surface area (Å²) in [5.74, 6) is -0.551. The highest BCUT2D eigenvalue weighted by atomic mass is 32.2. The molecule has 0 aliphatic carbocycles. The van der Waals surface area contributed by atoms with E-state index in [1.54, 1.807) is 0 Å². The van der Waals surface area contributed by atoms with Crippen LogP contribution in [0.5, 0.6) is 5.75 Å². The summed E-state index contributed by atoms with van der Waals surface area (Å²) in [6.07, 6.45) is 2.70. The van der Waals surface area contributed by atoms with Crippen molar-refractivity contribution in [1.82, 2.24) is 9.62 Å². The van der Waals surface area contributed by atoms with E-state index in [0.717, 1.165) is 19.3 Å². The molecule has 9 heteroatoms. The minimum atomic E-state index is -3.64. The smallest absolute Gasteiger partial charge is 0.247 e. The fourth-order valence-electron chi connectivity index (χ4n) is 3.16. The van der Waals surface area contributed by atoms with Crippen LogP contribution >= 0.6 is 0 Å². The molecule has 0 bridgehead atoms. The molecular formula is C19H29N3O5S. The quantitative estimate of drug-likeness (QED) is 0.714. The minimum absolute atomic E-state index is 0.103. The van der Waals surface area contributed by atoms with Gasteiger partial charge in [-0.15, -0.1) is 0 Å². The molecule has 0 spiro atoms. The molecule has 156 valence electrons. The lowest BCUT2D eigenvalue weighted by molar-refractivity contribution is -0.126. The first-order chi connectivity index (χ1) is 13.2. The maximum atomic E-state index is 12.9. The van der Waals surface area contributed by atoms with Crippen molar-refractivity contribution >= 4 is 27.5 Å². The third-order valence-electron chi connectivity index (χ3n) is 4.69. The second-order valence-corrected chi connectivity index (χ2v) is 9.18. The number of hydrogen-bond donors (Lipinski definition) is 2. The van der Waals surface area contributed by atoms with Gasteiger partial charge in [0.05, 0.1) is 17.7 Å². The molecular weight excluding hydrogens is 382 g/mol. The fraction of sp³-hybridized carbons (Fsp3) is 0.579. The zero-order chi connectivity index (χ0) is 20.9. The van der Waals surface area contributed by atoms with Gasteiger partial charge in [-0.05, 0) is 37.0 Å². The summed E-state index contributed by atoms with van der Waals surface area (Å²) < 4.78 is 32.6. The molecule has 8 nitrogen and oxygen atoms in total. The number of benzene rings is 1. The lowest BCUT2D eigenvalue weighted by Crippen LogP contribution is -2.46. The van der Waals surface area contributed by atoms with Gasteiger partial charge in [0.25, 0.3) is 0 Å². The van der Waals surface area contributed by atoms with Crippen molar-refractivity contribution in [2.45, 2.75) is 51.0 Å². The summed E-state index contributed by atoms with van der Waals surface area (Å²) >= 11 is 0. The molecule has 1 aromatic rings. The summed E-state index contributed by atoms with van der Waals surface area (Å²) in [4.78, 5) is 24.2. The SMILES string of the molecule is COc1ccc(S(=O)(=O)N2CCCCC2)cc1NC(=O)[C@@H](NC(C)=O)C(C)C. The molecule has 1 saturated heterocycles. The number of carbonyl (C=O) groups excluding carboxylic acids is 2. The molecule has 0 radical (unpaired) electrons. The average molecular weight is 412 g/mol. The van der Waals surface area contributed by atoms with E-state index in [1.807, 2.05) is 13.8 Å². The predicted octanol–water partition coefficient (Wildman–Crippen LogP) is 1.97. The van der Waals surface area contributed by atoms with Crippen LogP contribution < -0.4 is 15.4 Å². The maximum Gasteiger partial charge on any atom is 0.247 e. The molecule has 1 aromatic carbocycles. The predicted molar refractivity (Wildman–Crippen MR) is 107 cm³/mol. The van der Waals surface area contributed by atoms with Gasteiger partial charge in [0.15, 0.2) is 0 Å². The van der Waals surface area contributed by atoms with Gasteiger partial charge in [-0.25, -0.2) is 8.42 Å². The number of rotatable bonds is 7. The van der Waals surface area contributed by atoms with Crippen molar-refractivity contribution in [3.8, 4) is 5.75 Å². The summed E-state index contributed by atoms with van der Waals surface area (Å²) in [6.45, 7) is 5.96. The number of methoxy groups -OCH3 is 1. The first-order valence-corrected chi connectivity index (χ1v) is 10.9.